The van der Waals surface area contributed by atoms with E-state index in [1.54, 1.807) is 0 Å². The summed E-state index contributed by atoms with van der Waals surface area (Å²) >= 11 is 0. The normalized spacial score (nSPS) is 13.4. The fourth-order valence-electron chi connectivity index (χ4n) is 2.38. The van der Waals surface area contributed by atoms with E-state index >= 15 is 0 Å². The first-order valence-corrected chi connectivity index (χ1v) is 16.6. The Hall–Kier alpha value is 0.500. The third kappa shape index (κ3) is 26.9. The number of aldehydes is 1. The zero-order valence-electron chi connectivity index (χ0n) is 17.1. The van der Waals surface area contributed by atoms with Crippen molar-refractivity contribution in [2.45, 2.75) is 0 Å². The van der Waals surface area contributed by atoms with Gasteiger partial charge in [0.2, 0.25) is 0 Å². The number of carbonyl (C=O) groups is 1. The molecule has 0 aliphatic rings. The van der Waals surface area contributed by atoms with E-state index in [1.807, 2.05) is 0 Å². The third-order valence-electron chi connectivity index (χ3n) is 3.33. The van der Waals surface area contributed by atoms with Crippen molar-refractivity contribution in [2.24, 2.45) is 0 Å². The van der Waals surface area contributed by atoms with E-state index in [1.165, 1.54) is 4.90 Å². The maximum atomic E-state index is 11.2. The predicted molar refractivity (Wildman–Crippen MR) is 116 cm³/mol. The van der Waals surface area contributed by atoms with E-state index < -0.39 is 64.6 Å². The zero-order chi connectivity index (χ0) is 26.5. The summed E-state index contributed by atoms with van der Waals surface area (Å²) in [6.07, 6.45) is -3.34. The molecule has 0 amide bonds. The maximum absolute atomic E-state index is 11.2. The average Bonchev–Trinajstić information content (AvgIpc) is 2.52. The molecule has 10 N–H and O–H groups in total. The number of carbonyl (C=O) groups excluding carboxylic acids is 1. The summed E-state index contributed by atoms with van der Waals surface area (Å²) < 4.78 is 44.6. The van der Waals surface area contributed by atoms with Crippen molar-refractivity contribution < 1.29 is 72.0 Å². The van der Waals surface area contributed by atoms with Crippen molar-refractivity contribution in [3.63, 3.8) is 0 Å². The van der Waals surface area contributed by atoms with E-state index in [9.17, 15) is 23.1 Å². The van der Waals surface area contributed by atoms with Crippen LogP contribution in [0, 0.1) is 0 Å². The van der Waals surface area contributed by atoms with Crippen LogP contribution in [0.1, 0.15) is 0 Å². The van der Waals surface area contributed by atoms with Crippen molar-refractivity contribution in [1.29, 1.82) is 0 Å². The maximum Gasteiger partial charge on any atom is 0.339 e. The van der Waals surface area contributed by atoms with Crippen LogP contribution in [0.25, 0.3) is 0 Å². The summed E-state index contributed by atoms with van der Waals surface area (Å²) in [6, 6.07) is 0. The molecule has 0 fully saturated rings. The molecule has 0 radical (unpaired) electrons. The Balaban J connectivity index is 0. The second-order valence-corrected chi connectivity index (χ2v) is 13.2. The van der Waals surface area contributed by atoms with Crippen LogP contribution in [0.4, 0.5) is 0 Å². The smallest absolute Gasteiger partial charge is 0.339 e. The van der Waals surface area contributed by atoms with Gasteiger partial charge in [-0.2, -0.15) is 0 Å². The van der Waals surface area contributed by atoms with E-state index in [4.69, 9.17) is 48.9 Å². The van der Waals surface area contributed by atoms with Gasteiger partial charge < -0.3 is 53.7 Å². The van der Waals surface area contributed by atoms with Gasteiger partial charge in [-0.1, -0.05) is 0 Å². The SMILES string of the molecule is O=CCN(CCN(CP(=O)(O)O)CP(=O)(O)O)CCN(CP(=O)(O)O)CP(=O)(O)O.OPO. The predicted octanol–water partition coefficient (Wildman–Crippen LogP) is -2.89. The van der Waals surface area contributed by atoms with Crippen LogP contribution in [0.3, 0.4) is 0 Å². The van der Waals surface area contributed by atoms with Crippen LogP contribution < -0.4 is 0 Å². The highest BCUT2D eigenvalue weighted by atomic mass is 31.2. The van der Waals surface area contributed by atoms with Crippen LogP contribution in [0.2, 0.25) is 0 Å². The summed E-state index contributed by atoms with van der Waals surface area (Å²) in [7, 11) is -19.5. The molecule has 0 aliphatic heterocycles. The molecule has 23 heteroatoms. The molecule has 200 valence electrons. The van der Waals surface area contributed by atoms with Gasteiger partial charge in [0, 0.05) is 26.2 Å². The summed E-state index contributed by atoms with van der Waals surface area (Å²) in [5.74, 6) is 0. The van der Waals surface area contributed by atoms with Crippen molar-refractivity contribution in [3.8, 4) is 0 Å². The van der Waals surface area contributed by atoms with E-state index in [0.717, 1.165) is 9.80 Å². The van der Waals surface area contributed by atoms with Crippen LogP contribution in [-0.4, -0.2) is 128 Å². The lowest BCUT2D eigenvalue weighted by Gasteiger charge is -2.29. The molecular weight excluding hydrogens is 557 g/mol. The number of hydrogen-bond acceptors (Lipinski definition) is 10. The molecule has 0 atom stereocenters. The van der Waals surface area contributed by atoms with Crippen LogP contribution >= 0.6 is 39.4 Å². The second kappa shape index (κ2) is 16.3. The largest absolute Gasteiger partial charge is 0.352 e. The minimum atomic E-state index is -4.65. The molecule has 0 aromatic rings. The molecular formula is C10H30N3O15P5. The Kier molecular flexibility index (Phi) is 17.6. The lowest BCUT2D eigenvalue weighted by Crippen LogP contribution is -2.41. The highest BCUT2D eigenvalue weighted by Crippen LogP contribution is 2.41. The topological polar surface area (TPSA) is 297 Å². The Bertz CT molecular complexity index is 643. The molecule has 0 aromatic carbocycles. The Labute approximate surface area is 190 Å². The molecule has 0 aliphatic carbocycles. The number of hydrogen-bond donors (Lipinski definition) is 10. The summed E-state index contributed by atoms with van der Waals surface area (Å²) in [6.45, 7) is -1.06. The average molecular weight is 587 g/mol. The van der Waals surface area contributed by atoms with E-state index in [-0.39, 0.29) is 32.7 Å². The molecule has 18 nitrogen and oxygen atoms in total. The van der Waals surface area contributed by atoms with Gasteiger partial charge in [-0.3, -0.25) is 33.0 Å². The third-order valence-corrected chi connectivity index (χ3v) is 6.41. The van der Waals surface area contributed by atoms with Crippen LogP contribution in [0.15, 0.2) is 0 Å². The minimum absolute atomic E-state index is 0.127. The number of rotatable bonds is 16. The lowest BCUT2D eigenvalue weighted by molar-refractivity contribution is -0.109. The lowest BCUT2D eigenvalue weighted by atomic mass is 10.4. The van der Waals surface area contributed by atoms with Gasteiger partial charge in [0.25, 0.3) is 0 Å². The molecule has 33 heavy (non-hydrogen) atoms. The summed E-state index contributed by atoms with van der Waals surface area (Å²) in [5.41, 5.74) is 0. The minimum Gasteiger partial charge on any atom is -0.352 e. The van der Waals surface area contributed by atoms with Crippen molar-refractivity contribution >= 4 is 45.7 Å². The van der Waals surface area contributed by atoms with Crippen molar-refractivity contribution in [2.75, 3.05) is 57.9 Å². The van der Waals surface area contributed by atoms with Gasteiger partial charge in [-0.05, 0) is 0 Å². The Morgan fingerprint density at radius 2 is 0.758 bits per heavy atom. The van der Waals surface area contributed by atoms with Crippen LogP contribution in [-0.2, 0) is 23.1 Å². The van der Waals surface area contributed by atoms with Gasteiger partial charge in [-0.25, -0.2) is 0 Å². The standard InChI is InChI=1S/C10H27N3O13P4.H3O2P/c14-6-5-11(1-3-12(7-27(15,16)17)8-28(18,19)20)2-4-13(9-29(21,22)23)10-30(24,25)26;1-3-2/h6H,1-5,7-10H2,(H2,15,16,17)(H2,18,19,20)(H2,21,22,23)(H2,24,25,26);1-3H. The first-order chi connectivity index (χ1) is 14.7. The van der Waals surface area contributed by atoms with Gasteiger partial charge in [0.05, 0.1) is 6.54 Å². The van der Waals surface area contributed by atoms with Crippen molar-refractivity contribution in [3.05, 3.63) is 0 Å². The quantitative estimate of drug-likeness (QED) is 0.0640. The van der Waals surface area contributed by atoms with E-state index in [0.29, 0.717) is 6.29 Å². The van der Waals surface area contributed by atoms with Gasteiger partial charge in [0.15, 0.2) is 0 Å². The second-order valence-electron chi connectivity index (χ2n) is 6.58. The number of nitrogens with zero attached hydrogens (tertiary/aromatic N) is 3. The first-order valence-electron chi connectivity index (χ1n) is 8.53. The fourth-order valence-corrected chi connectivity index (χ4v) is 5.75. The summed E-state index contributed by atoms with van der Waals surface area (Å²) in [5, 5.41) is 0. The molecule has 0 saturated carbocycles. The van der Waals surface area contributed by atoms with Gasteiger partial charge in [0.1, 0.15) is 40.5 Å². The highest BCUT2D eigenvalue weighted by molar-refractivity contribution is 7.53. The molecule has 0 spiro atoms. The Morgan fingerprint density at radius 3 is 0.939 bits per heavy atom. The first kappa shape index (κ1) is 35.7. The van der Waals surface area contributed by atoms with Gasteiger partial charge in [-0.15, -0.1) is 0 Å². The molecule has 0 rings (SSSR count). The molecule has 0 bridgehead atoms. The molecule has 0 heterocycles. The summed E-state index contributed by atoms with van der Waals surface area (Å²) in [4.78, 5) is 100. The molecule has 0 aromatic heterocycles. The van der Waals surface area contributed by atoms with Crippen molar-refractivity contribution in [1.82, 2.24) is 14.7 Å². The highest BCUT2D eigenvalue weighted by Gasteiger charge is 2.28. The van der Waals surface area contributed by atoms with Gasteiger partial charge >= 0.3 is 30.4 Å². The van der Waals surface area contributed by atoms with E-state index in [2.05, 4.69) is 0 Å². The Morgan fingerprint density at radius 1 is 0.545 bits per heavy atom. The fraction of sp³-hybridized carbons (Fsp3) is 0.900. The molecule has 0 saturated heterocycles. The monoisotopic (exact) mass is 587 g/mol. The van der Waals surface area contributed by atoms with Crippen LogP contribution in [0.5, 0.6) is 0 Å². The zero-order valence-corrected chi connectivity index (χ0v) is 21.7. The molecule has 0 unspecified atom stereocenters.